The number of imidazole rings is 1. The van der Waals surface area contributed by atoms with E-state index in [1.165, 1.54) is 11.3 Å². The standard InChI is InChI=1S/C20H27N5O2/c1-12(7-8-14-11-21-24(3)13(14)2)22-17-9-10-25-18-15(19(17)26)5-4-6-16(18)23-20(25)27/h4-6,11-12,17,19,22,26H,7-10H2,1-3H3,(H,23,27)/t12-,17-,19-/m1/s1. The van der Waals surface area contributed by atoms with Crippen molar-refractivity contribution in [1.29, 1.82) is 0 Å². The van der Waals surface area contributed by atoms with Gasteiger partial charge in [0, 0.05) is 36.9 Å². The average Bonchev–Trinajstić information content (AvgIpc) is 3.09. The molecule has 0 unspecified atom stereocenters. The van der Waals surface area contributed by atoms with Crippen molar-refractivity contribution >= 4 is 11.0 Å². The van der Waals surface area contributed by atoms with Crippen molar-refractivity contribution in [3.63, 3.8) is 0 Å². The molecular weight excluding hydrogens is 342 g/mol. The van der Waals surface area contributed by atoms with Gasteiger partial charge in [-0.1, -0.05) is 12.1 Å². The zero-order valence-electron chi connectivity index (χ0n) is 16.1. The second-order valence-electron chi connectivity index (χ2n) is 7.65. The zero-order valence-corrected chi connectivity index (χ0v) is 16.1. The van der Waals surface area contributed by atoms with Crippen LogP contribution in [0.2, 0.25) is 0 Å². The molecule has 3 heterocycles. The van der Waals surface area contributed by atoms with Gasteiger partial charge in [-0.2, -0.15) is 5.10 Å². The third kappa shape index (κ3) is 3.21. The van der Waals surface area contributed by atoms with Gasteiger partial charge >= 0.3 is 5.69 Å². The van der Waals surface area contributed by atoms with Crippen LogP contribution in [0.4, 0.5) is 0 Å². The number of hydrogen-bond acceptors (Lipinski definition) is 4. The predicted octanol–water partition coefficient (Wildman–Crippen LogP) is 1.79. The van der Waals surface area contributed by atoms with Gasteiger partial charge in [-0.05, 0) is 44.7 Å². The Kier molecular flexibility index (Phi) is 4.65. The Morgan fingerprint density at radius 3 is 3.00 bits per heavy atom. The first-order chi connectivity index (χ1) is 13.0. The molecule has 0 amide bonds. The van der Waals surface area contributed by atoms with Crippen molar-refractivity contribution < 1.29 is 5.11 Å². The van der Waals surface area contributed by atoms with Crippen LogP contribution in [-0.2, 0) is 20.0 Å². The van der Waals surface area contributed by atoms with Crippen LogP contribution in [0.15, 0.2) is 29.2 Å². The molecule has 7 heteroatoms. The van der Waals surface area contributed by atoms with Gasteiger partial charge < -0.3 is 15.4 Å². The van der Waals surface area contributed by atoms with E-state index in [2.05, 4.69) is 29.2 Å². The van der Waals surface area contributed by atoms with E-state index in [0.717, 1.165) is 29.4 Å². The maximum Gasteiger partial charge on any atom is 0.326 e. The Labute approximate surface area is 158 Å². The third-order valence-corrected chi connectivity index (χ3v) is 5.87. The van der Waals surface area contributed by atoms with Gasteiger partial charge in [0.15, 0.2) is 0 Å². The summed E-state index contributed by atoms with van der Waals surface area (Å²) >= 11 is 0. The van der Waals surface area contributed by atoms with Crippen LogP contribution in [0.1, 0.15) is 42.7 Å². The van der Waals surface area contributed by atoms with E-state index in [4.69, 9.17) is 0 Å². The molecule has 0 bridgehead atoms. The fourth-order valence-corrected chi connectivity index (χ4v) is 4.13. The van der Waals surface area contributed by atoms with Gasteiger partial charge in [0.25, 0.3) is 0 Å². The first kappa shape index (κ1) is 18.0. The Morgan fingerprint density at radius 2 is 2.26 bits per heavy atom. The normalized spacial score (nSPS) is 20.7. The van der Waals surface area contributed by atoms with Crippen LogP contribution in [-0.4, -0.2) is 36.5 Å². The van der Waals surface area contributed by atoms with Crippen molar-refractivity contribution in [2.45, 2.75) is 57.8 Å². The number of para-hydroxylation sites is 1. The van der Waals surface area contributed by atoms with Gasteiger partial charge in [-0.25, -0.2) is 4.79 Å². The molecule has 3 N–H and O–H groups in total. The number of aromatic amines is 1. The summed E-state index contributed by atoms with van der Waals surface area (Å²) in [6.07, 6.45) is 3.92. The van der Waals surface area contributed by atoms with Crippen LogP contribution >= 0.6 is 0 Å². The summed E-state index contributed by atoms with van der Waals surface area (Å²) < 4.78 is 3.65. The molecule has 3 aromatic rings. The number of hydrogen-bond donors (Lipinski definition) is 3. The number of H-pyrrole nitrogens is 1. The number of aryl methyl sites for hydroxylation is 3. The van der Waals surface area contributed by atoms with E-state index in [1.54, 1.807) is 4.57 Å². The molecule has 1 aliphatic rings. The highest BCUT2D eigenvalue weighted by Crippen LogP contribution is 2.30. The highest BCUT2D eigenvalue weighted by Gasteiger charge is 2.29. The number of rotatable bonds is 5. The first-order valence-corrected chi connectivity index (χ1v) is 9.58. The van der Waals surface area contributed by atoms with E-state index < -0.39 is 6.10 Å². The van der Waals surface area contributed by atoms with Crippen LogP contribution in [0.25, 0.3) is 11.0 Å². The summed E-state index contributed by atoms with van der Waals surface area (Å²) in [6.45, 7) is 4.83. The van der Waals surface area contributed by atoms with Crippen LogP contribution in [0.5, 0.6) is 0 Å². The second-order valence-corrected chi connectivity index (χ2v) is 7.65. The summed E-state index contributed by atoms with van der Waals surface area (Å²) in [6, 6.07) is 5.85. The highest BCUT2D eigenvalue weighted by molar-refractivity contribution is 5.79. The molecule has 144 valence electrons. The van der Waals surface area contributed by atoms with Crippen molar-refractivity contribution in [3.05, 3.63) is 51.7 Å². The van der Waals surface area contributed by atoms with Gasteiger partial charge in [0.2, 0.25) is 0 Å². The third-order valence-electron chi connectivity index (χ3n) is 5.87. The smallest absolute Gasteiger partial charge is 0.326 e. The number of aliphatic hydroxyl groups excluding tert-OH is 1. The van der Waals surface area contributed by atoms with Crippen LogP contribution in [0.3, 0.4) is 0 Å². The molecule has 1 aromatic carbocycles. The molecule has 2 aromatic heterocycles. The molecule has 0 saturated carbocycles. The van der Waals surface area contributed by atoms with Gasteiger partial charge in [-0.3, -0.25) is 9.25 Å². The average molecular weight is 369 g/mol. The topological polar surface area (TPSA) is 87.9 Å². The van der Waals surface area contributed by atoms with Crippen LogP contribution in [0, 0.1) is 6.92 Å². The van der Waals surface area contributed by atoms with Gasteiger partial charge in [-0.15, -0.1) is 0 Å². The number of nitrogens with zero attached hydrogens (tertiary/aromatic N) is 3. The SMILES string of the molecule is Cc1c(CC[C@@H](C)N[C@@H]2CCn3c(=O)[nH]c4cccc(c43)[C@H]2O)cnn1C. The molecular formula is C20H27N5O2. The summed E-state index contributed by atoms with van der Waals surface area (Å²) in [5.41, 5.74) is 4.79. The molecule has 0 aliphatic carbocycles. The van der Waals surface area contributed by atoms with E-state index in [0.29, 0.717) is 13.0 Å². The molecule has 3 atom stereocenters. The maximum absolute atomic E-state index is 12.2. The quantitative estimate of drug-likeness (QED) is 0.640. The summed E-state index contributed by atoms with van der Waals surface area (Å²) in [5, 5.41) is 18.9. The summed E-state index contributed by atoms with van der Waals surface area (Å²) in [7, 11) is 1.96. The summed E-state index contributed by atoms with van der Waals surface area (Å²) in [4.78, 5) is 15.1. The predicted molar refractivity (Wildman–Crippen MR) is 105 cm³/mol. The fourth-order valence-electron chi connectivity index (χ4n) is 4.13. The number of benzene rings is 1. The zero-order chi connectivity index (χ0) is 19.1. The minimum atomic E-state index is -0.639. The van der Waals surface area contributed by atoms with Crippen LogP contribution < -0.4 is 11.0 Å². The van der Waals surface area contributed by atoms with Crippen molar-refractivity contribution in [1.82, 2.24) is 24.6 Å². The van der Waals surface area contributed by atoms with Crippen molar-refractivity contribution in [3.8, 4) is 0 Å². The van der Waals surface area contributed by atoms with E-state index in [-0.39, 0.29) is 17.8 Å². The molecule has 7 nitrogen and oxygen atoms in total. The van der Waals surface area contributed by atoms with E-state index >= 15 is 0 Å². The lowest BCUT2D eigenvalue weighted by atomic mass is 9.98. The Bertz CT molecular complexity index is 1020. The Morgan fingerprint density at radius 1 is 1.44 bits per heavy atom. The number of aromatic nitrogens is 4. The van der Waals surface area contributed by atoms with Gasteiger partial charge in [0.1, 0.15) is 0 Å². The largest absolute Gasteiger partial charge is 0.387 e. The molecule has 0 spiro atoms. The lowest BCUT2D eigenvalue weighted by Crippen LogP contribution is -2.41. The van der Waals surface area contributed by atoms with E-state index in [9.17, 15) is 9.90 Å². The molecule has 0 radical (unpaired) electrons. The van der Waals surface area contributed by atoms with Crippen molar-refractivity contribution in [2.75, 3.05) is 0 Å². The monoisotopic (exact) mass is 369 g/mol. The molecule has 1 aliphatic heterocycles. The molecule has 4 rings (SSSR count). The highest BCUT2D eigenvalue weighted by atomic mass is 16.3. The maximum atomic E-state index is 12.2. The van der Waals surface area contributed by atoms with Gasteiger partial charge in [0.05, 0.1) is 23.3 Å². The fraction of sp³-hybridized carbons (Fsp3) is 0.500. The Balaban J connectivity index is 1.48. The minimum absolute atomic E-state index is 0.0834. The first-order valence-electron chi connectivity index (χ1n) is 9.58. The Hall–Kier alpha value is -2.38. The van der Waals surface area contributed by atoms with E-state index in [1.807, 2.05) is 36.1 Å². The lowest BCUT2D eigenvalue weighted by molar-refractivity contribution is 0.119. The molecule has 0 fully saturated rings. The number of nitrogens with one attached hydrogen (secondary N) is 2. The lowest BCUT2D eigenvalue weighted by Gasteiger charge is -2.26. The summed E-state index contributed by atoms with van der Waals surface area (Å²) in [5.74, 6) is 0. The molecule has 27 heavy (non-hydrogen) atoms. The minimum Gasteiger partial charge on any atom is -0.387 e. The van der Waals surface area contributed by atoms with Crippen molar-refractivity contribution in [2.24, 2.45) is 7.05 Å². The number of aliphatic hydroxyl groups is 1. The second kappa shape index (κ2) is 6.98. The molecule has 0 saturated heterocycles.